The van der Waals surface area contributed by atoms with E-state index in [1.54, 1.807) is 24.3 Å². The van der Waals surface area contributed by atoms with Crippen LogP contribution in [0.4, 0.5) is 5.69 Å². The maximum atomic E-state index is 10.7. The van der Waals surface area contributed by atoms with Crippen LogP contribution in [0, 0.1) is 6.92 Å². The predicted molar refractivity (Wildman–Crippen MR) is 73.3 cm³/mol. The second kappa shape index (κ2) is 5.44. The molecule has 0 fully saturated rings. The second-order valence-corrected chi connectivity index (χ2v) is 4.26. The third-order valence-corrected chi connectivity index (χ3v) is 2.92. The van der Waals surface area contributed by atoms with Gasteiger partial charge in [0.1, 0.15) is 12.4 Å². The van der Waals surface area contributed by atoms with Gasteiger partial charge in [-0.1, -0.05) is 18.2 Å². The Kier molecular flexibility index (Phi) is 3.71. The number of hydrogen-bond acceptors (Lipinski definition) is 3. The molecule has 2 aromatic rings. The normalized spacial score (nSPS) is 10.2. The van der Waals surface area contributed by atoms with Gasteiger partial charge in [0.2, 0.25) is 0 Å². The minimum absolute atomic E-state index is 0.267. The molecule has 0 aliphatic carbocycles. The molecule has 0 aromatic heterocycles. The fraction of sp³-hybridized carbons (Fsp3) is 0.133. The number of hydrogen-bond donors (Lipinski definition) is 2. The summed E-state index contributed by atoms with van der Waals surface area (Å²) >= 11 is 0. The second-order valence-electron chi connectivity index (χ2n) is 4.26. The number of benzene rings is 2. The van der Waals surface area contributed by atoms with E-state index in [0.717, 1.165) is 16.9 Å². The molecular formula is C15H15NO3. The molecule has 0 amide bonds. The van der Waals surface area contributed by atoms with Crippen LogP contribution in [0.1, 0.15) is 21.5 Å². The summed E-state index contributed by atoms with van der Waals surface area (Å²) in [5.41, 5.74) is 8.57. The van der Waals surface area contributed by atoms with Crippen LogP contribution in [0.3, 0.4) is 0 Å². The van der Waals surface area contributed by atoms with E-state index in [4.69, 9.17) is 15.6 Å². The molecule has 0 heterocycles. The van der Waals surface area contributed by atoms with E-state index in [-0.39, 0.29) is 5.56 Å². The standard InChI is InChI=1S/C15H15NO3/c1-10-13(16)3-2-4-14(10)19-9-11-5-7-12(8-6-11)15(17)18/h2-8H,9,16H2,1H3,(H,17,18). The highest BCUT2D eigenvalue weighted by Crippen LogP contribution is 2.23. The van der Waals surface area contributed by atoms with Crippen LogP contribution in [-0.4, -0.2) is 11.1 Å². The number of rotatable bonds is 4. The first-order valence-corrected chi connectivity index (χ1v) is 5.88. The summed E-state index contributed by atoms with van der Waals surface area (Å²) in [6.45, 7) is 2.28. The van der Waals surface area contributed by atoms with Crippen LogP contribution in [0.5, 0.6) is 5.75 Å². The lowest BCUT2D eigenvalue weighted by Crippen LogP contribution is -2.00. The first-order valence-electron chi connectivity index (χ1n) is 5.88. The minimum Gasteiger partial charge on any atom is -0.489 e. The zero-order valence-electron chi connectivity index (χ0n) is 10.6. The number of carboxylic acids is 1. The molecule has 4 heteroatoms. The lowest BCUT2D eigenvalue weighted by Gasteiger charge is -2.10. The van der Waals surface area contributed by atoms with Gasteiger partial charge in [0.05, 0.1) is 5.56 Å². The maximum Gasteiger partial charge on any atom is 0.335 e. The molecule has 0 saturated carbocycles. The average molecular weight is 257 g/mol. The summed E-state index contributed by atoms with van der Waals surface area (Å²) in [7, 11) is 0. The van der Waals surface area contributed by atoms with E-state index in [9.17, 15) is 4.79 Å². The monoisotopic (exact) mass is 257 g/mol. The Morgan fingerprint density at radius 2 is 1.89 bits per heavy atom. The fourth-order valence-corrected chi connectivity index (χ4v) is 1.69. The highest BCUT2D eigenvalue weighted by Gasteiger charge is 2.04. The Morgan fingerprint density at radius 1 is 1.21 bits per heavy atom. The van der Waals surface area contributed by atoms with Gasteiger partial charge >= 0.3 is 5.97 Å². The predicted octanol–water partition coefficient (Wildman–Crippen LogP) is 2.85. The van der Waals surface area contributed by atoms with E-state index in [1.165, 1.54) is 0 Å². The van der Waals surface area contributed by atoms with Gasteiger partial charge in [-0.15, -0.1) is 0 Å². The molecule has 4 nitrogen and oxygen atoms in total. The Morgan fingerprint density at radius 3 is 2.53 bits per heavy atom. The van der Waals surface area contributed by atoms with E-state index in [2.05, 4.69) is 0 Å². The number of aromatic carboxylic acids is 1. The van der Waals surface area contributed by atoms with Gasteiger partial charge in [-0.25, -0.2) is 4.79 Å². The molecule has 3 N–H and O–H groups in total. The van der Waals surface area contributed by atoms with Crippen molar-refractivity contribution in [3.05, 3.63) is 59.2 Å². The molecule has 0 atom stereocenters. The van der Waals surface area contributed by atoms with Crippen molar-refractivity contribution in [1.29, 1.82) is 0 Å². The zero-order chi connectivity index (χ0) is 13.8. The van der Waals surface area contributed by atoms with Crippen LogP contribution in [-0.2, 0) is 6.61 Å². The van der Waals surface area contributed by atoms with Crippen molar-refractivity contribution in [2.45, 2.75) is 13.5 Å². The van der Waals surface area contributed by atoms with Crippen molar-refractivity contribution < 1.29 is 14.6 Å². The maximum absolute atomic E-state index is 10.7. The molecule has 98 valence electrons. The van der Waals surface area contributed by atoms with Gasteiger partial charge in [0.15, 0.2) is 0 Å². The van der Waals surface area contributed by atoms with Crippen LogP contribution < -0.4 is 10.5 Å². The molecule has 19 heavy (non-hydrogen) atoms. The van der Waals surface area contributed by atoms with Crippen molar-refractivity contribution in [1.82, 2.24) is 0 Å². The molecule has 0 unspecified atom stereocenters. The molecule has 0 bridgehead atoms. The van der Waals surface area contributed by atoms with Crippen LogP contribution >= 0.6 is 0 Å². The first-order chi connectivity index (χ1) is 9.08. The smallest absolute Gasteiger partial charge is 0.335 e. The summed E-state index contributed by atoms with van der Waals surface area (Å²) < 4.78 is 5.68. The van der Waals surface area contributed by atoms with Crippen molar-refractivity contribution in [3.8, 4) is 5.75 Å². The molecule has 2 aromatic carbocycles. The minimum atomic E-state index is -0.931. The van der Waals surface area contributed by atoms with Crippen molar-refractivity contribution in [2.24, 2.45) is 0 Å². The first kappa shape index (κ1) is 13.0. The molecule has 2 rings (SSSR count). The van der Waals surface area contributed by atoms with E-state index in [0.29, 0.717) is 12.3 Å². The Bertz CT molecular complexity index is 591. The van der Waals surface area contributed by atoms with Gasteiger partial charge in [0.25, 0.3) is 0 Å². The summed E-state index contributed by atoms with van der Waals surface area (Å²) in [6, 6.07) is 12.1. The van der Waals surface area contributed by atoms with E-state index >= 15 is 0 Å². The van der Waals surface area contributed by atoms with Crippen molar-refractivity contribution >= 4 is 11.7 Å². The number of anilines is 1. The molecule has 0 spiro atoms. The largest absolute Gasteiger partial charge is 0.489 e. The molecule has 0 saturated heterocycles. The van der Waals surface area contributed by atoms with Crippen molar-refractivity contribution in [2.75, 3.05) is 5.73 Å². The third-order valence-electron chi connectivity index (χ3n) is 2.92. The van der Waals surface area contributed by atoms with Gasteiger partial charge < -0.3 is 15.6 Å². The molecular weight excluding hydrogens is 242 g/mol. The van der Waals surface area contributed by atoms with Crippen LogP contribution in [0.15, 0.2) is 42.5 Å². The van der Waals surface area contributed by atoms with E-state index < -0.39 is 5.97 Å². The highest BCUT2D eigenvalue weighted by atomic mass is 16.5. The van der Waals surface area contributed by atoms with Gasteiger partial charge in [-0.2, -0.15) is 0 Å². The van der Waals surface area contributed by atoms with E-state index in [1.807, 2.05) is 25.1 Å². The van der Waals surface area contributed by atoms with Crippen LogP contribution in [0.25, 0.3) is 0 Å². The number of carboxylic acid groups (broad SMARTS) is 1. The van der Waals surface area contributed by atoms with Crippen molar-refractivity contribution in [3.63, 3.8) is 0 Å². The summed E-state index contributed by atoms with van der Waals surface area (Å²) in [5.74, 6) is -0.193. The summed E-state index contributed by atoms with van der Waals surface area (Å²) in [5, 5.41) is 8.81. The SMILES string of the molecule is Cc1c(N)cccc1OCc1ccc(C(=O)O)cc1. The van der Waals surface area contributed by atoms with Gasteiger partial charge in [0, 0.05) is 11.3 Å². The molecule has 0 radical (unpaired) electrons. The Hall–Kier alpha value is -2.49. The van der Waals surface area contributed by atoms with Crippen LogP contribution in [0.2, 0.25) is 0 Å². The lowest BCUT2D eigenvalue weighted by molar-refractivity contribution is 0.0697. The lowest BCUT2D eigenvalue weighted by atomic mass is 10.1. The average Bonchev–Trinajstić information content (AvgIpc) is 2.41. The summed E-state index contributed by atoms with van der Waals surface area (Å²) in [4.78, 5) is 10.7. The number of nitrogens with two attached hydrogens (primary N) is 1. The molecule has 0 aliphatic heterocycles. The Labute approximate surface area is 111 Å². The topological polar surface area (TPSA) is 72.5 Å². The van der Waals surface area contributed by atoms with Gasteiger partial charge in [-0.05, 0) is 36.8 Å². The number of ether oxygens (including phenoxy) is 1. The quantitative estimate of drug-likeness (QED) is 0.826. The third kappa shape index (κ3) is 3.04. The van der Waals surface area contributed by atoms with Gasteiger partial charge in [-0.3, -0.25) is 0 Å². The Balaban J connectivity index is 2.06. The molecule has 0 aliphatic rings. The highest BCUT2D eigenvalue weighted by molar-refractivity contribution is 5.87. The number of nitrogen functional groups attached to an aromatic ring is 1. The fourth-order valence-electron chi connectivity index (χ4n) is 1.69. The summed E-state index contributed by atoms with van der Waals surface area (Å²) in [6.07, 6.45) is 0. The zero-order valence-corrected chi connectivity index (χ0v) is 10.6. The number of carbonyl (C=O) groups is 1.